The van der Waals surface area contributed by atoms with Gasteiger partial charge in [-0.15, -0.1) is 0 Å². The molecule has 2 heterocycles. The highest BCUT2D eigenvalue weighted by molar-refractivity contribution is 5.90. The molecule has 0 aliphatic rings. The van der Waals surface area contributed by atoms with Crippen molar-refractivity contribution in [2.24, 2.45) is 5.73 Å². The van der Waals surface area contributed by atoms with E-state index in [2.05, 4.69) is 5.32 Å². The zero-order valence-electron chi connectivity index (χ0n) is 22.3. The number of carbonyl (C=O) groups is 3. The number of ether oxygens (including phenoxy) is 2. The van der Waals surface area contributed by atoms with Crippen LogP contribution in [0.3, 0.4) is 0 Å². The number of carboxylic acids is 2. The quantitative estimate of drug-likeness (QED) is 0.159. The van der Waals surface area contributed by atoms with Crippen molar-refractivity contribution >= 4 is 39.8 Å². The van der Waals surface area contributed by atoms with Crippen molar-refractivity contribution in [2.45, 2.75) is 31.7 Å². The fourth-order valence-electron chi connectivity index (χ4n) is 4.23. The van der Waals surface area contributed by atoms with Crippen molar-refractivity contribution in [2.75, 3.05) is 19.8 Å². The second-order valence-electron chi connectivity index (χ2n) is 9.30. The zero-order valence-corrected chi connectivity index (χ0v) is 22.3. The first kappa shape index (κ1) is 29.8. The summed E-state index contributed by atoms with van der Waals surface area (Å²) >= 11 is 0. The number of unbranched alkanes of at least 4 members (excludes halogenated alkanes) is 2. The number of nitrogens with two attached hydrogens (primary N) is 1. The monoisotopic (exact) mass is 580 g/mol. The second kappa shape index (κ2) is 13.5. The van der Waals surface area contributed by atoms with Crippen LogP contribution in [0.5, 0.6) is 11.5 Å². The normalized spacial score (nSPS) is 11.1. The second-order valence-corrected chi connectivity index (χ2v) is 9.30. The summed E-state index contributed by atoms with van der Waals surface area (Å²) in [5.74, 6) is -3.90. The lowest BCUT2D eigenvalue weighted by atomic mass is 10.1. The van der Waals surface area contributed by atoms with E-state index in [0.717, 1.165) is 25.0 Å². The number of fused-ring (bicyclic) bond motifs is 2. The number of rotatable bonds is 14. The minimum Gasteiger partial charge on any atom is -0.490 e. The smallest absolute Gasteiger partial charge is 0.371 e. The average Bonchev–Trinajstić information content (AvgIpc) is 2.96. The Morgan fingerprint density at radius 1 is 0.786 bits per heavy atom. The largest absolute Gasteiger partial charge is 0.490 e. The molecule has 4 aromatic rings. The molecule has 0 atom stereocenters. The van der Waals surface area contributed by atoms with Gasteiger partial charge in [-0.3, -0.25) is 14.4 Å². The van der Waals surface area contributed by atoms with Crippen molar-refractivity contribution in [1.29, 1.82) is 0 Å². The Labute approximate surface area is 237 Å². The van der Waals surface area contributed by atoms with Gasteiger partial charge in [0.25, 0.3) is 0 Å². The molecule has 0 saturated carbocycles. The van der Waals surface area contributed by atoms with Gasteiger partial charge >= 0.3 is 11.9 Å². The minimum absolute atomic E-state index is 0.0114. The van der Waals surface area contributed by atoms with Gasteiger partial charge in [-0.1, -0.05) is 18.6 Å². The van der Waals surface area contributed by atoms with Crippen LogP contribution in [0.25, 0.3) is 21.9 Å². The van der Waals surface area contributed by atoms with Crippen LogP contribution in [0.4, 0.5) is 0 Å². The number of carbonyl (C=O) groups excluding carboxylic acids is 1. The third kappa shape index (κ3) is 7.12. The van der Waals surface area contributed by atoms with Crippen molar-refractivity contribution in [1.82, 2.24) is 5.32 Å². The summed E-state index contributed by atoms with van der Waals surface area (Å²) in [6.07, 6.45) is 2.39. The number of benzene rings is 2. The molecule has 2 aromatic carbocycles. The molecular formula is C29H28N2O11. The Morgan fingerprint density at radius 3 is 1.74 bits per heavy atom. The standard InChI is InChI=1S/C29H28N2O11/c30-11-3-1-2-10-25(34)31-16(14-39-19-6-4-8-21-26(19)17(32)12-23(41-21)28(35)36)15-40-20-7-5-9-22-27(20)18(33)13-24(42-22)29(37)38/h4-9,12-13,16H,1-3,10-11,14-15,30H2,(H,31,34)(H,35,36)(H,37,38). The summed E-state index contributed by atoms with van der Waals surface area (Å²) in [7, 11) is 0. The number of hydrogen-bond donors (Lipinski definition) is 4. The van der Waals surface area contributed by atoms with E-state index in [9.17, 15) is 34.2 Å². The molecule has 42 heavy (non-hydrogen) atoms. The lowest BCUT2D eigenvalue weighted by Crippen LogP contribution is -2.43. The first-order valence-corrected chi connectivity index (χ1v) is 13.0. The summed E-state index contributed by atoms with van der Waals surface area (Å²) in [6, 6.07) is 9.84. The van der Waals surface area contributed by atoms with Gasteiger partial charge in [0, 0.05) is 18.6 Å². The van der Waals surface area contributed by atoms with Gasteiger partial charge in [-0.25, -0.2) is 9.59 Å². The molecule has 5 N–H and O–H groups in total. The number of amides is 1. The third-order valence-corrected chi connectivity index (χ3v) is 6.21. The third-order valence-electron chi connectivity index (χ3n) is 6.21. The molecule has 13 nitrogen and oxygen atoms in total. The maximum absolute atomic E-state index is 12.7. The molecule has 0 unspecified atom stereocenters. The van der Waals surface area contributed by atoms with Crippen LogP contribution < -0.4 is 31.4 Å². The average molecular weight is 581 g/mol. The van der Waals surface area contributed by atoms with Crippen LogP contribution in [0.2, 0.25) is 0 Å². The van der Waals surface area contributed by atoms with E-state index < -0.39 is 40.4 Å². The van der Waals surface area contributed by atoms with E-state index in [1.165, 1.54) is 36.4 Å². The van der Waals surface area contributed by atoms with E-state index in [1.807, 2.05) is 0 Å². The number of aromatic carboxylic acids is 2. The summed E-state index contributed by atoms with van der Waals surface area (Å²) < 4.78 is 22.4. The predicted octanol–water partition coefficient (Wildman–Crippen LogP) is 2.76. The zero-order chi connectivity index (χ0) is 30.2. The van der Waals surface area contributed by atoms with E-state index in [-0.39, 0.29) is 59.0 Å². The van der Waals surface area contributed by atoms with E-state index in [1.54, 1.807) is 0 Å². The van der Waals surface area contributed by atoms with Crippen LogP contribution in [0.1, 0.15) is 46.8 Å². The topological polar surface area (TPSA) is 209 Å². The van der Waals surface area contributed by atoms with Gasteiger partial charge in [0.2, 0.25) is 17.4 Å². The fourth-order valence-corrected chi connectivity index (χ4v) is 4.23. The Morgan fingerprint density at radius 2 is 1.29 bits per heavy atom. The lowest BCUT2D eigenvalue weighted by molar-refractivity contribution is -0.122. The fraction of sp³-hybridized carbons (Fsp3) is 0.276. The molecule has 0 radical (unpaired) electrons. The predicted molar refractivity (Wildman–Crippen MR) is 149 cm³/mol. The molecule has 1 amide bonds. The Kier molecular flexibility index (Phi) is 9.55. The van der Waals surface area contributed by atoms with Crippen molar-refractivity contribution in [3.8, 4) is 11.5 Å². The Bertz CT molecular complexity index is 1630. The highest BCUT2D eigenvalue weighted by atomic mass is 16.5. The van der Waals surface area contributed by atoms with Crippen LogP contribution >= 0.6 is 0 Å². The van der Waals surface area contributed by atoms with Gasteiger partial charge in [0.05, 0.1) is 6.04 Å². The highest BCUT2D eigenvalue weighted by Crippen LogP contribution is 2.25. The molecule has 2 aromatic heterocycles. The van der Waals surface area contributed by atoms with E-state index >= 15 is 0 Å². The number of hydrogen-bond acceptors (Lipinski definition) is 10. The molecule has 0 aliphatic carbocycles. The van der Waals surface area contributed by atoms with E-state index in [4.69, 9.17) is 24.0 Å². The Balaban J connectivity index is 1.57. The molecule has 0 aliphatic heterocycles. The van der Waals surface area contributed by atoms with Crippen molar-refractivity contribution < 1.29 is 42.9 Å². The van der Waals surface area contributed by atoms with Gasteiger partial charge in [-0.05, 0) is 43.7 Å². The molecule has 0 bridgehead atoms. The van der Waals surface area contributed by atoms with Crippen molar-refractivity contribution in [3.63, 3.8) is 0 Å². The summed E-state index contributed by atoms with van der Waals surface area (Å²) in [4.78, 5) is 60.6. The highest BCUT2D eigenvalue weighted by Gasteiger charge is 2.20. The van der Waals surface area contributed by atoms with Gasteiger partial charge in [-0.2, -0.15) is 0 Å². The van der Waals surface area contributed by atoms with Gasteiger partial charge < -0.3 is 39.6 Å². The minimum atomic E-state index is -1.40. The van der Waals surface area contributed by atoms with Crippen LogP contribution in [-0.4, -0.2) is 53.9 Å². The maximum Gasteiger partial charge on any atom is 0.371 e. The molecule has 13 heteroatoms. The molecule has 0 saturated heterocycles. The number of carboxylic acid groups (broad SMARTS) is 2. The first-order chi connectivity index (χ1) is 20.2. The Hall–Kier alpha value is -5.17. The van der Waals surface area contributed by atoms with Crippen LogP contribution in [0.15, 0.2) is 67.0 Å². The van der Waals surface area contributed by atoms with Gasteiger partial charge in [0.1, 0.15) is 46.7 Å². The molecule has 220 valence electrons. The van der Waals surface area contributed by atoms with Crippen LogP contribution in [0, 0.1) is 0 Å². The SMILES string of the molecule is NCCCCCC(=O)NC(COc1cccc2oc(C(=O)O)cc(=O)c12)COc1cccc2oc(C(=O)O)cc(=O)c12. The summed E-state index contributed by atoms with van der Waals surface area (Å²) in [6.45, 7) is 0.179. The van der Waals surface area contributed by atoms with Crippen molar-refractivity contribution in [3.05, 3.63) is 80.5 Å². The number of nitrogens with one attached hydrogen (secondary N) is 1. The molecule has 4 rings (SSSR count). The molecule has 0 spiro atoms. The summed E-state index contributed by atoms with van der Waals surface area (Å²) in [5.41, 5.74) is 4.29. The molecular weight excluding hydrogens is 552 g/mol. The van der Waals surface area contributed by atoms with E-state index in [0.29, 0.717) is 13.0 Å². The van der Waals surface area contributed by atoms with Gasteiger partial charge in [0.15, 0.2) is 10.9 Å². The lowest BCUT2D eigenvalue weighted by Gasteiger charge is -2.21. The maximum atomic E-state index is 12.7. The molecule has 0 fully saturated rings. The summed E-state index contributed by atoms with van der Waals surface area (Å²) in [5, 5.41) is 21.3. The first-order valence-electron chi connectivity index (χ1n) is 13.0. The van der Waals surface area contributed by atoms with Crippen LogP contribution in [-0.2, 0) is 4.79 Å².